The molecular weight excluding hydrogens is 276 g/mol. The molecule has 0 spiro atoms. The maximum atomic E-state index is 12.7. The van der Waals surface area contributed by atoms with Gasteiger partial charge in [0.25, 0.3) is 5.91 Å². The van der Waals surface area contributed by atoms with Gasteiger partial charge in [0.2, 0.25) is 0 Å². The molecule has 1 saturated heterocycles. The summed E-state index contributed by atoms with van der Waals surface area (Å²) < 4.78 is 1.76. The van der Waals surface area contributed by atoms with Crippen LogP contribution in [-0.2, 0) is 0 Å². The summed E-state index contributed by atoms with van der Waals surface area (Å²) in [6.45, 7) is 6.12. The lowest BCUT2D eigenvalue weighted by molar-refractivity contribution is 0.0776. The Morgan fingerprint density at radius 2 is 2.09 bits per heavy atom. The van der Waals surface area contributed by atoms with Crippen molar-refractivity contribution in [2.24, 2.45) is 11.1 Å². The maximum absolute atomic E-state index is 12.7. The molecule has 1 atom stereocenters. The van der Waals surface area contributed by atoms with E-state index in [2.05, 4.69) is 12.0 Å². The number of aryl methyl sites for hydroxylation is 1. The third kappa shape index (κ3) is 2.64. The molecule has 2 N–H and O–H groups in total. The van der Waals surface area contributed by atoms with Crippen LogP contribution in [0.2, 0.25) is 0 Å². The quantitative estimate of drug-likeness (QED) is 0.942. The molecule has 1 aliphatic heterocycles. The number of nitrogens with zero attached hydrogens (tertiary/aromatic N) is 3. The molecule has 1 aliphatic rings. The van der Waals surface area contributed by atoms with Crippen molar-refractivity contribution in [1.82, 2.24) is 14.7 Å². The Labute approximate surface area is 130 Å². The average molecular weight is 298 g/mol. The van der Waals surface area contributed by atoms with E-state index in [0.29, 0.717) is 12.1 Å². The molecule has 1 amide bonds. The van der Waals surface area contributed by atoms with Crippen molar-refractivity contribution >= 4 is 5.91 Å². The Kier molecular flexibility index (Phi) is 3.74. The van der Waals surface area contributed by atoms with E-state index >= 15 is 0 Å². The number of hydrogen-bond donors (Lipinski definition) is 1. The van der Waals surface area contributed by atoms with Crippen molar-refractivity contribution in [1.29, 1.82) is 0 Å². The SMILES string of the molecule is Cc1nn(-c2ccccc2)cc1C(=O)N1CCC(C)(CN)C1. The van der Waals surface area contributed by atoms with Crippen LogP contribution in [0.15, 0.2) is 36.5 Å². The number of hydrogen-bond acceptors (Lipinski definition) is 3. The molecule has 116 valence electrons. The summed E-state index contributed by atoms with van der Waals surface area (Å²) in [4.78, 5) is 14.6. The molecule has 1 aromatic heterocycles. The Morgan fingerprint density at radius 3 is 2.73 bits per heavy atom. The second kappa shape index (κ2) is 5.57. The van der Waals surface area contributed by atoms with Crippen LogP contribution in [0, 0.1) is 12.3 Å². The van der Waals surface area contributed by atoms with Crippen LogP contribution in [-0.4, -0.2) is 40.2 Å². The zero-order valence-electron chi connectivity index (χ0n) is 13.1. The van der Waals surface area contributed by atoms with Crippen LogP contribution < -0.4 is 5.73 Å². The van der Waals surface area contributed by atoms with Gasteiger partial charge in [-0.15, -0.1) is 0 Å². The van der Waals surface area contributed by atoms with E-state index in [4.69, 9.17) is 5.73 Å². The highest BCUT2D eigenvalue weighted by Crippen LogP contribution is 2.29. The average Bonchev–Trinajstić information content (AvgIpc) is 3.12. The van der Waals surface area contributed by atoms with Gasteiger partial charge < -0.3 is 10.6 Å². The van der Waals surface area contributed by atoms with E-state index in [9.17, 15) is 4.79 Å². The fourth-order valence-electron chi connectivity index (χ4n) is 2.92. The molecular formula is C17H22N4O. The molecule has 0 bridgehead atoms. The monoisotopic (exact) mass is 298 g/mol. The van der Waals surface area contributed by atoms with Crippen LogP contribution in [0.3, 0.4) is 0 Å². The summed E-state index contributed by atoms with van der Waals surface area (Å²) >= 11 is 0. The predicted octanol–water partition coefficient (Wildman–Crippen LogP) is 1.99. The van der Waals surface area contributed by atoms with Crippen molar-refractivity contribution in [3.05, 3.63) is 47.8 Å². The summed E-state index contributed by atoms with van der Waals surface area (Å²) in [5.41, 5.74) is 8.25. The number of carbonyl (C=O) groups is 1. The second-order valence-corrected chi connectivity index (χ2v) is 6.40. The molecule has 22 heavy (non-hydrogen) atoms. The summed E-state index contributed by atoms with van der Waals surface area (Å²) in [6.07, 6.45) is 2.78. The van der Waals surface area contributed by atoms with Gasteiger partial charge in [-0.05, 0) is 37.4 Å². The van der Waals surface area contributed by atoms with E-state index in [1.165, 1.54) is 0 Å². The number of benzene rings is 1. The molecule has 2 heterocycles. The third-order valence-corrected chi connectivity index (χ3v) is 4.49. The molecule has 1 aromatic carbocycles. The van der Waals surface area contributed by atoms with Gasteiger partial charge in [0, 0.05) is 19.3 Å². The van der Waals surface area contributed by atoms with E-state index in [-0.39, 0.29) is 11.3 Å². The number of rotatable bonds is 3. The molecule has 1 fully saturated rings. The Balaban J connectivity index is 1.84. The number of amides is 1. The van der Waals surface area contributed by atoms with Gasteiger partial charge in [0.05, 0.1) is 16.9 Å². The van der Waals surface area contributed by atoms with Gasteiger partial charge in [-0.2, -0.15) is 5.10 Å². The largest absolute Gasteiger partial charge is 0.338 e. The highest BCUT2D eigenvalue weighted by molar-refractivity contribution is 5.95. The van der Waals surface area contributed by atoms with Crippen molar-refractivity contribution in [3.63, 3.8) is 0 Å². The topological polar surface area (TPSA) is 64.2 Å². The van der Waals surface area contributed by atoms with Gasteiger partial charge >= 0.3 is 0 Å². The van der Waals surface area contributed by atoms with Crippen molar-refractivity contribution in [3.8, 4) is 5.69 Å². The number of para-hydroxylation sites is 1. The van der Waals surface area contributed by atoms with Gasteiger partial charge in [-0.3, -0.25) is 4.79 Å². The van der Waals surface area contributed by atoms with Crippen LogP contribution in [0.25, 0.3) is 5.69 Å². The molecule has 0 aliphatic carbocycles. The van der Waals surface area contributed by atoms with Crippen LogP contribution >= 0.6 is 0 Å². The predicted molar refractivity (Wildman–Crippen MR) is 86.0 cm³/mol. The molecule has 3 rings (SSSR count). The van der Waals surface area contributed by atoms with E-state index in [1.807, 2.05) is 48.4 Å². The summed E-state index contributed by atoms with van der Waals surface area (Å²) in [5, 5.41) is 4.47. The first-order valence-electron chi connectivity index (χ1n) is 7.63. The Morgan fingerprint density at radius 1 is 1.36 bits per heavy atom. The summed E-state index contributed by atoms with van der Waals surface area (Å²) in [7, 11) is 0. The minimum Gasteiger partial charge on any atom is -0.338 e. The highest BCUT2D eigenvalue weighted by Gasteiger charge is 2.36. The highest BCUT2D eigenvalue weighted by atomic mass is 16.2. The number of likely N-dealkylation sites (tertiary alicyclic amines) is 1. The lowest BCUT2D eigenvalue weighted by atomic mass is 9.90. The molecule has 5 heteroatoms. The van der Waals surface area contributed by atoms with Crippen molar-refractivity contribution in [2.75, 3.05) is 19.6 Å². The first-order chi connectivity index (χ1) is 10.5. The van der Waals surface area contributed by atoms with Gasteiger partial charge in [-0.25, -0.2) is 4.68 Å². The van der Waals surface area contributed by atoms with Gasteiger partial charge in [-0.1, -0.05) is 25.1 Å². The van der Waals surface area contributed by atoms with Crippen LogP contribution in [0.4, 0.5) is 0 Å². The lowest BCUT2D eigenvalue weighted by Gasteiger charge is -2.22. The molecule has 1 unspecified atom stereocenters. The third-order valence-electron chi connectivity index (χ3n) is 4.49. The zero-order chi connectivity index (χ0) is 15.7. The number of nitrogens with two attached hydrogens (primary N) is 1. The van der Waals surface area contributed by atoms with Crippen LogP contribution in [0.1, 0.15) is 29.4 Å². The molecule has 2 aromatic rings. The number of carbonyl (C=O) groups excluding carboxylic acids is 1. The first-order valence-corrected chi connectivity index (χ1v) is 7.63. The summed E-state index contributed by atoms with van der Waals surface area (Å²) in [5.74, 6) is 0.0526. The fourth-order valence-corrected chi connectivity index (χ4v) is 2.92. The van der Waals surface area contributed by atoms with Crippen LogP contribution in [0.5, 0.6) is 0 Å². The van der Waals surface area contributed by atoms with Gasteiger partial charge in [0.1, 0.15) is 0 Å². The van der Waals surface area contributed by atoms with E-state index in [0.717, 1.165) is 30.9 Å². The summed E-state index contributed by atoms with van der Waals surface area (Å²) in [6, 6.07) is 9.83. The Bertz CT molecular complexity index is 679. The minimum atomic E-state index is 0.0407. The molecule has 5 nitrogen and oxygen atoms in total. The van der Waals surface area contributed by atoms with E-state index in [1.54, 1.807) is 4.68 Å². The smallest absolute Gasteiger partial charge is 0.257 e. The van der Waals surface area contributed by atoms with Crippen molar-refractivity contribution < 1.29 is 4.79 Å². The fraction of sp³-hybridized carbons (Fsp3) is 0.412. The second-order valence-electron chi connectivity index (χ2n) is 6.40. The number of aromatic nitrogens is 2. The van der Waals surface area contributed by atoms with E-state index < -0.39 is 0 Å². The zero-order valence-corrected chi connectivity index (χ0v) is 13.1. The minimum absolute atomic E-state index is 0.0407. The Hall–Kier alpha value is -2.14. The molecule has 0 saturated carbocycles. The normalized spacial score (nSPS) is 21.3. The molecule has 0 radical (unpaired) electrons. The first kappa shape index (κ1) is 14.8. The standard InChI is InChI=1S/C17H22N4O/c1-13-15(10-21(19-13)14-6-4-3-5-7-14)16(22)20-9-8-17(2,11-18)12-20/h3-7,10H,8-9,11-12,18H2,1-2H3. The lowest BCUT2D eigenvalue weighted by Crippen LogP contribution is -2.34. The maximum Gasteiger partial charge on any atom is 0.257 e. The van der Waals surface area contributed by atoms with Gasteiger partial charge in [0.15, 0.2) is 0 Å². The van der Waals surface area contributed by atoms with Crippen molar-refractivity contribution in [2.45, 2.75) is 20.3 Å².